The van der Waals surface area contributed by atoms with Crippen molar-refractivity contribution in [1.29, 1.82) is 0 Å². The summed E-state index contributed by atoms with van der Waals surface area (Å²) in [5, 5.41) is 11.5. The Morgan fingerprint density at radius 2 is 1.86 bits per heavy atom. The largest absolute Gasteiger partial charge is 0.379 e. The Balaban J connectivity index is 1.51. The van der Waals surface area contributed by atoms with Gasteiger partial charge in [0, 0.05) is 16.4 Å². The SMILES string of the molecule is C[C@]12C=CC(=O)C=C1CC[C@H]1[C@@H]3C[C@@H](OCC(=O)c4ccccc4)[C@](O)(C(=O)CCl)[C@@]3(C)C[C@H](Cl)C12Cl. The quantitative estimate of drug-likeness (QED) is 0.374. The van der Waals surface area contributed by atoms with Gasteiger partial charge in [0.15, 0.2) is 23.0 Å². The molecule has 0 radical (unpaired) electrons. The normalized spacial score (nSPS) is 42.4. The smallest absolute Gasteiger partial charge is 0.188 e. The number of rotatable bonds is 6. The molecule has 0 bridgehead atoms. The number of ketones is 3. The monoisotopic (exact) mass is 564 g/mol. The number of Topliss-reactive ketones (excluding diaryl/α,β-unsaturated/α-hetero) is 2. The molecule has 1 aromatic carbocycles. The molecule has 0 heterocycles. The third kappa shape index (κ3) is 3.68. The van der Waals surface area contributed by atoms with Gasteiger partial charge in [0.2, 0.25) is 0 Å². The highest BCUT2D eigenvalue weighted by atomic mass is 35.5. The van der Waals surface area contributed by atoms with Crippen LogP contribution in [-0.2, 0) is 14.3 Å². The van der Waals surface area contributed by atoms with E-state index < -0.39 is 38.6 Å². The van der Waals surface area contributed by atoms with E-state index in [1.54, 1.807) is 36.4 Å². The minimum atomic E-state index is -1.92. The van der Waals surface area contributed by atoms with Crippen LogP contribution in [0.5, 0.6) is 0 Å². The van der Waals surface area contributed by atoms with Gasteiger partial charge in [-0.25, -0.2) is 0 Å². The predicted molar refractivity (Wildman–Crippen MR) is 143 cm³/mol. The molecular weight excluding hydrogens is 535 g/mol. The van der Waals surface area contributed by atoms with Gasteiger partial charge in [0.25, 0.3) is 0 Å². The number of aliphatic hydroxyl groups is 1. The molecule has 5 nitrogen and oxygen atoms in total. The second-order valence-electron chi connectivity index (χ2n) is 11.4. The van der Waals surface area contributed by atoms with Crippen LogP contribution in [0.15, 0.2) is 54.1 Å². The summed E-state index contributed by atoms with van der Waals surface area (Å²) in [6.45, 7) is 3.63. The number of ether oxygens (including phenoxy) is 1. The van der Waals surface area contributed by atoms with E-state index in [0.29, 0.717) is 24.8 Å². The molecule has 1 unspecified atom stereocenters. The van der Waals surface area contributed by atoms with Crippen molar-refractivity contribution in [3.63, 3.8) is 0 Å². The van der Waals surface area contributed by atoms with Crippen LogP contribution < -0.4 is 0 Å². The molecule has 8 heteroatoms. The second kappa shape index (κ2) is 9.31. The standard InChI is InChI=1S/C29H31Cl3O5/c1-26-11-10-19(33)12-18(26)8-9-20-21-13-25(37-16-22(34)17-6-4-3-5-7-17)29(36,24(35)15-30)27(21,2)14-23(31)28(20,26)32/h3-7,10-12,20-21,23,25,36H,8-9,13-16H2,1-2H3/t20-,21-,23-,25+,26-,27-,28?,29+/m0/s1. The van der Waals surface area contributed by atoms with Crippen molar-refractivity contribution in [3.8, 4) is 0 Å². The summed E-state index contributed by atoms with van der Waals surface area (Å²) < 4.78 is 6.07. The third-order valence-corrected chi connectivity index (χ3v) is 11.6. The van der Waals surface area contributed by atoms with E-state index in [2.05, 4.69) is 0 Å². The Labute approximate surface area is 232 Å². The van der Waals surface area contributed by atoms with E-state index in [0.717, 1.165) is 5.57 Å². The first-order valence-electron chi connectivity index (χ1n) is 12.7. The number of halogens is 3. The predicted octanol–water partition coefficient (Wildman–Crippen LogP) is 5.29. The number of carbonyl (C=O) groups is 3. The molecule has 1 aromatic rings. The van der Waals surface area contributed by atoms with Crippen molar-refractivity contribution in [2.24, 2.45) is 22.7 Å². The average Bonchev–Trinajstić information content (AvgIpc) is 3.11. The van der Waals surface area contributed by atoms with Gasteiger partial charge in [-0.15, -0.1) is 34.8 Å². The number of allylic oxidation sites excluding steroid dienone is 4. The molecule has 0 aliphatic heterocycles. The van der Waals surface area contributed by atoms with Gasteiger partial charge in [-0.2, -0.15) is 0 Å². The summed E-state index contributed by atoms with van der Waals surface area (Å²) in [5.74, 6) is -1.59. The Morgan fingerprint density at radius 3 is 2.54 bits per heavy atom. The van der Waals surface area contributed by atoms with E-state index >= 15 is 0 Å². The highest BCUT2D eigenvalue weighted by Crippen LogP contribution is 2.71. The molecule has 0 aromatic heterocycles. The van der Waals surface area contributed by atoms with Gasteiger partial charge in [-0.3, -0.25) is 14.4 Å². The van der Waals surface area contributed by atoms with Gasteiger partial charge >= 0.3 is 0 Å². The lowest BCUT2D eigenvalue weighted by atomic mass is 9.46. The van der Waals surface area contributed by atoms with Crippen molar-refractivity contribution in [2.75, 3.05) is 12.5 Å². The summed E-state index contributed by atoms with van der Waals surface area (Å²) in [5.41, 5.74) is -2.06. The first-order chi connectivity index (χ1) is 17.4. The van der Waals surface area contributed by atoms with Gasteiger partial charge in [-0.05, 0) is 49.7 Å². The number of hydrogen-bond donors (Lipinski definition) is 1. The van der Waals surface area contributed by atoms with Crippen LogP contribution in [-0.4, -0.2) is 56.9 Å². The van der Waals surface area contributed by atoms with Crippen LogP contribution in [0.3, 0.4) is 0 Å². The topological polar surface area (TPSA) is 80.7 Å². The van der Waals surface area contributed by atoms with Crippen molar-refractivity contribution >= 4 is 52.2 Å². The Kier molecular flexibility index (Phi) is 6.81. The molecule has 37 heavy (non-hydrogen) atoms. The first-order valence-corrected chi connectivity index (χ1v) is 14.1. The third-order valence-electron chi connectivity index (χ3n) is 9.85. The lowest BCUT2D eigenvalue weighted by Gasteiger charge is -2.63. The Morgan fingerprint density at radius 1 is 1.16 bits per heavy atom. The number of fused-ring (bicyclic) bond motifs is 5. The summed E-state index contributed by atoms with van der Waals surface area (Å²) in [6.07, 6.45) is 6.10. The van der Waals surface area contributed by atoms with E-state index in [-0.39, 0.29) is 42.3 Å². The van der Waals surface area contributed by atoms with Crippen LogP contribution in [0, 0.1) is 22.7 Å². The zero-order chi connectivity index (χ0) is 26.8. The summed E-state index contributed by atoms with van der Waals surface area (Å²) in [4.78, 5) is 37.3. The summed E-state index contributed by atoms with van der Waals surface area (Å²) in [7, 11) is 0. The number of hydrogen-bond acceptors (Lipinski definition) is 5. The van der Waals surface area contributed by atoms with Crippen molar-refractivity contribution < 1.29 is 24.2 Å². The van der Waals surface area contributed by atoms with Crippen LogP contribution >= 0.6 is 34.8 Å². The fraction of sp³-hybridized carbons (Fsp3) is 0.552. The molecule has 1 N–H and O–H groups in total. The lowest BCUT2D eigenvalue weighted by molar-refractivity contribution is -0.175. The Hall–Kier alpha value is -1.50. The number of alkyl halides is 3. The fourth-order valence-electron chi connectivity index (χ4n) is 7.81. The maximum atomic E-state index is 13.3. The highest BCUT2D eigenvalue weighted by molar-refractivity contribution is 6.34. The van der Waals surface area contributed by atoms with E-state index in [1.165, 1.54) is 0 Å². The van der Waals surface area contributed by atoms with Crippen LogP contribution in [0.25, 0.3) is 0 Å². The Bertz CT molecular complexity index is 1200. The number of benzene rings is 1. The van der Waals surface area contributed by atoms with E-state index in [9.17, 15) is 19.5 Å². The summed E-state index contributed by atoms with van der Waals surface area (Å²) in [6, 6.07) is 8.77. The molecule has 0 spiro atoms. The lowest BCUT2D eigenvalue weighted by Crippen LogP contribution is -2.68. The molecule has 8 atom stereocenters. The average molecular weight is 566 g/mol. The molecule has 3 saturated carbocycles. The van der Waals surface area contributed by atoms with Crippen LogP contribution in [0.4, 0.5) is 0 Å². The van der Waals surface area contributed by atoms with Crippen molar-refractivity contribution in [1.82, 2.24) is 0 Å². The zero-order valence-corrected chi connectivity index (χ0v) is 23.2. The van der Waals surface area contributed by atoms with Gasteiger partial charge in [0.05, 0.1) is 22.2 Å². The zero-order valence-electron chi connectivity index (χ0n) is 20.9. The maximum Gasteiger partial charge on any atom is 0.188 e. The van der Waals surface area contributed by atoms with Crippen LogP contribution in [0.1, 0.15) is 49.9 Å². The van der Waals surface area contributed by atoms with E-state index in [1.807, 2.05) is 26.0 Å². The number of carbonyl (C=O) groups excluding carboxylic acids is 3. The molecule has 0 amide bonds. The molecule has 5 rings (SSSR count). The first kappa shape index (κ1) is 27.1. The second-order valence-corrected chi connectivity index (χ2v) is 12.8. The van der Waals surface area contributed by atoms with Gasteiger partial charge in [-0.1, -0.05) is 55.8 Å². The van der Waals surface area contributed by atoms with E-state index in [4.69, 9.17) is 39.5 Å². The minimum absolute atomic E-state index is 0.0579. The fourth-order valence-corrected chi connectivity index (χ4v) is 9.24. The molecular formula is C29H31Cl3O5. The molecule has 0 saturated heterocycles. The van der Waals surface area contributed by atoms with Gasteiger partial charge < -0.3 is 9.84 Å². The van der Waals surface area contributed by atoms with Crippen molar-refractivity contribution in [3.05, 3.63) is 59.7 Å². The van der Waals surface area contributed by atoms with Crippen molar-refractivity contribution in [2.45, 2.75) is 61.5 Å². The molecule has 3 fully saturated rings. The molecule has 198 valence electrons. The highest BCUT2D eigenvalue weighted by Gasteiger charge is 2.75. The molecule has 4 aliphatic rings. The minimum Gasteiger partial charge on any atom is -0.379 e. The maximum absolute atomic E-state index is 13.3. The van der Waals surface area contributed by atoms with Gasteiger partial charge in [0.1, 0.15) is 6.61 Å². The molecule has 4 aliphatic carbocycles. The van der Waals surface area contributed by atoms with Crippen LogP contribution in [0.2, 0.25) is 0 Å². The summed E-state index contributed by atoms with van der Waals surface area (Å²) >= 11 is 20.7.